The second-order valence-corrected chi connectivity index (χ2v) is 11.0. The average molecular weight is 508 g/mol. The number of aliphatic hydroxyl groups excluding tert-OH is 1. The molecule has 0 radical (unpaired) electrons. The van der Waals surface area contributed by atoms with Gasteiger partial charge in [-0.05, 0) is 39.3 Å². The third-order valence-electron chi connectivity index (χ3n) is 8.57. The van der Waals surface area contributed by atoms with Gasteiger partial charge in [0.2, 0.25) is 17.7 Å². The van der Waals surface area contributed by atoms with Gasteiger partial charge < -0.3 is 24.5 Å². The minimum absolute atomic E-state index is 0.0182. The largest absolute Gasteiger partial charge is 0.394 e. The number of hydrogen-bond acceptors (Lipinski definition) is 5. The van der Waals surface area contributed by atoms with Crippen LogP contribution in [0.25, 0.3) is 0 Å². The molecule has 4 aliphatic heterocycles. The Balaban J connectivity index is 1.64. The van der Waals surface area contributed by atoms with E-state index in [0.29, 0.717) is 13.1 Å². The molecule has 4 heterocycles. The zero-order valence-corrected chi connectivity index (χ0v) is 22.0. The summed E-state index contributed by atoms with van der Waals surface area (Å²) in [6.07, 6.45) is 9.32. The zero-order chi connectivity index (χ0) is 26.5. The van der Waals surface area contributed by atoms with E-state index in [1.165, 1.54) is 4.90 Å². The summed E-state index contributed by atoms with van der Waals surface area (Å²) < 4.78 is 6.82. The average Bonchev–Trinajstić information content (AvgIpc) is 3.16. The SMILES string of the molecule is CCCC(C)N1CC=C[C@]23O[C@]4(C)C=CCN(c5ccccc5)C(=O)[C@@H]4[C@H]2C(=O)N([C@H](C)CO)C3C1=O. The van der Waals surface area contributed by atoms with E-state index in [1.54, 1.807) is 16.7 Å². The molecule has 8 nitrogen and oxygen atoms in total. The van der Waals surface area contributed by atoms with Gasteiger partial charge in [0.05, 0.1) is 30.1 Å². The van der Waals surface area contributed by atoms with Crippen LogP contribution in [0.1, 0.15) is 40.5 Å². The van der Waals surface area contributed by atoms with Crippen molar-refractivity contribution >= 4 is 23.4 Å². The van der Waals surface area contributed by atoms with Crippen molar-refractivity contribution in [3.05, 3.63) is 54.6 Å². The summed E-state index contributed by atoms with van der Waals surface area (Å²) in [4.78, 5) is 47.7. The van der Waals surface area contributed by atoms with Crippen molar-refractivity contribution in [1.29, 1.82) is 0 Å². The van der Waals surface area contributed by atoms with E-state index in [0.717, 1.165) is 18.5 Å². The summed E-state index contributed by atoms with van der Waals surface area (Å²) in [5.74, 6) is -2.43. The van der Waals surface area contributed by atoms with Gasteiger partial charge in [-0.25, -0.2) is 0 Å². The number of rotatable bonds is 6. The number of carbonyl (C=O) groups excluding carboxylic acids is 3. The van der Waals surface area contributed by atoms with Gasteiger partial charge in [-0.1, -0.05) is 55.8 Å². The maximum atomic E-state index is 14.2. The summed E-state index contributed by atoms with van der Waals surface area (Å²) in [5, 5.41) is 10.1. The number of nitrogens with zero attached hydrogens (tertiary/aromatic N) is 3. The number of aliphatic hydroxyl groups is 1. The fourth-order valence-electron chi connectivity index (χ4n) is 6.85. The van der Waals surface area contributed by atoms with Crippen LogP contribution in [0.2, 0.25) is 0 Å². The molecule has 0 aromatic heterocycles. The summed E-state index contributed by atoms with van der Waals surface area (Å²) >= 11 is 0. The summed E-state index contributed by atoms with van der Waals surface area (Å²) in [6, 6.07) is 7.83. The van der Waals surface area contributed by atoms with Crippen molar-refractivity contribution in [2.24, 2.45) is 11.8 Å². The van der Waals surface area contributed by atoms with Gasteiger partial charge in [-0.2, -0.15) is 0 Å². The van der Waals surface area contributed by atoms with Crippen molar-refractivity contribution in [1.82, 2.24) is 9.80 Å². The summed E-state index contributed by atoms with van der Waals surface area (Å²) in [7, 11) is 0. The molecule has 4 aliphatic rings. The number of likely N-dealkylation sites (tertiary alicyclic amines) is 1. The van der Waals surface area contributed by atoms with E-state index < -0.39 is 35.1 Å². The molecule has 1 N–H and O–H groups in total. The molecular formula is C29H37N3O5. The second kappa shape index (κ2) is 9.40. The number of benzene rings is 1. The highest BCUT2D eigenvalue weighted by atomic mass is 16.5. The fourth-order valence-corrected chi connectivity index (χ4v) is 6.85. The molecule has 37 heavy (non-hydrogen) atoms. The number of anilines is 1. The molecule has 0 saturated carbocycles. The molecule has 1 spiro atoms. The quantitative estimate of drug-likeness (QED) is 0.598. The number of ether oxygens (including phenoxy) is 1. The Bertz CT molecular complexity index is 1140. The van der Waals surface area contributed by atoms with Crippen LogP contribution in [0.3, 0.4) is 0 Å². The lowest BCUT2D eigenvalue weighted by atomic mass is 9.74. The Morgan fingerprint density at radius 1 is 0.973 bits per heavy atom. The van der Waals surface area contributed by atoms with E-state index in [1.807, 2.05) is 68.5 Å². The van der Waals surface area contributed by atoms with Crippen molar-refractivity contribution in [3.8, 4) is 0 Å². The highest BCUT2D eigenvalue weighted by Crippen LogP contribution is 2.58. The van der Waals surface area contributed by atoms with Crippen molar-refractivity contribution in [3.63, 3.8) is 0 Å². The predicted octanol–water partition coefficient (Wildman–Crippen LogP) is 2.53. The van der Waals surface area contributed by atoms with Gasteiger partial charge in [-0.15, -0.1) is 0 Å². The minimum Gasteiger partial charge on any atom is -0.394 e. The van der Waals surface area contributed by atoms with E-state index in [-0.39, 0.29) is 30.4 Å². The van der Waals surface area contributed by atoms with Crippen molar-refractivity contribution in [2.75, 3.05) is 24.6 Å². The smallest absolute Gasteiger partial charge is 0.249 e. The van der Waals surface area contributed by atoms with Crippen LogP contribution in [0.15, 0.2) is 54.6 Å². The van der Waals surface area contributed by atoms with Crippen molar-refractivity contribution in [2.45, 2.75) is 69.9 Å². The van der Waals surface area contributed by atoms with Crippen LogP contribution in [0, 0.1) is 11.8 Å². The van der Waals surface area contributed by atoms with Crippen LogP contribution < -0.4 is 4.90 Å². The molecule has 1 aromatic rings. The molecular weight excluding hydrogens is 470 g/mol. The molecule has 0 aliphatic carbocycles. The molecule has 2 unspecified atom stereocenters. The lowest BCUT2D eigenvalue weighted by molar-refractivity contribution is -0.155. The van der Waals surface area contributed by atoms with Crippen LogP contribution in [0.4, 0.5) is 5.69 Å². The third-order valence-corrected chi connectivity index (χ3v) is 8.57. The minimum atomic E-state index is -1.31. The maximum Gasteiger partial charge on any atom is 0.249 e. The predicted molar refractivity (Wildman–Crippen MR) is 140 cm³/mol. The molecule has 198 valence electrons. The first-order chi connectivity index (χ1) is 17.7. The zero-order valence-electron chi connectivity index (χ0n) is 22.0. The Morgan fingerprint density at radius 3 is 2.35 bits per heavy atom. The Labute approximate surface area is 218 Å². The molecule has 7 atom stereocenters. The van der Waals surface area contributed by atoms with E-state index >= 15 is 0 Å². The lowest BCUT2D eigenvalue weighted by Gasteiger charge is -2.40. The van der Waals surface area contributed by atoms with Gasteiger partial charge in [0.15, 0.2) is 0 Å². The number of carbonyl (C=O) groups is 3. The molecule has 8 heteroatoms. The number of amides is 3. The summed E-state index contributed by atoms with van der Waals surface area (Å²) in [6.45, 7) is 8.16. The first kappa shape index (κ1) is 25.7. The Hall–Kier alpha value is -2.97. The Kier molecular flexibility index (Phi) is 6.52. The molecule has 1 aromatic carbocycles. The molecule has 5 rings (SSSR count). The highest BCUT2D eigenvalue weighted by Gasteiger charge is 2.75. The van der Waals surface area contributed by atoms with Crippen LogP contribution in [-0.2, 0) is 19.1 Å². The monoisotopic (exact) mass is 507 g/mol. The van der Waals surface area contributed by atoms with Gasteiger partial charge in [0.25, 0.3) is 0 Å². The lowest BCUT2D eigenvalue weighted by Crippen LogP contribution is -2.59. The van der Waals surface area contributed by atoms with Crippen LogP contribution >= 0.6 is 0 Å². The molecule has 3 amide bonds. The standard InChI is InChI=1S/C29H37N3O5/c1-5-11-19(2)30-16-10-15-29-23(26(35)32(20(3)18-33)24(29)27(30)36)22-25(34)31(21-12-7-6-8-13-21)17-9-14-28(22,4)37-29/h6-10,12-15,19-20,22-24,33H,5,11,16-18H2,1-4H3/t19?,20-,22+,23+,24?,28-,29+/m1/s1. The number of hydrogen-bond donors (Lipinski definition) is 1. The van der Waals surface area contributed by atoms with Crippen LogP contribution in [-0.4, -0.2) is 81.7 Å². The van der Waals surface area contributed by atoms with Gasteiger partial charge in [0.1, 0.15) is 11.6 Å². The number of fused-ring (bicyclic) bond motifs is 2. The molecule has 0 bridgehead atoms. The number of para-hydroxylation sites is 1. The fraction of sp³-hybridized carbons (Fsp3) is 0.552. The van der Waals surface area contributed by atoms with Gasteiger partial charge in [-0.3, -0.25) is 14.4 Å². The van der Waals surface area contributed by atoms with E-state index in [9.17, 15) is 19.5 Å². The third kappa shape index (κ3) is 3.76. The van der Waals surface area contributed by atoms with Crippen LogP contribution in [0.5, 0.6) is 0 Å². The van der Waals surface area contributed by atoms with Crippen molar-refractivity contribution < 1.29 is 24.2 Å². The first-order valence-corrected chi connectivity index (χ1v) is 13.4. The second-order valence-electron chi connectivity index (χ2n) is 11.0. The first-order valence-electron chi connectivity index (χ1n) is 13.4. The van der Waals surface area contributed by atoms with E-state index in [2.05, 4.69) is 6.92 Å². The highest BCUT2D eigenvalue weighted by molar-refractivity contribution is 6.04. The molecule has 2 fully saturated rings. The normalized spacial score (nSPS) is 34.7. The van der Waals surface area contributed by atoms with Gasteiger partial charge >= 0.3 is 0 Å². The van der Waals surface area contributed by atoms with Gasteiger partial charge in [0, 0.05) is 24.8 Å². The Morgan fingerprint density at radius 2 is 1.68 bits per heavy atom. The summed E-state index contributed by atoms with van der Waals surface area (Å²) in [5.41, 5.74) is -1.63. The molecule has 2 saturated heterocycles. The van der Waals surface area contributed by atoms with E-state index in [4.69, 9.17) is 4.74 Å². The maximum absolute atomic E-state index is 14.2. The topological polar surface area (TPSA) is 90.4 Å².